The summed E-state index contributed by atoms with van der Waals surface area (Å²) in [4.78, 5) is 27.6. The maximum absolute atomic E-state index is 13.6. The van der Waals surface area contributed by atoms with Crippen LogP contribution < -0.4 is 5.32 Å². The molecule has 1 aliphatic heterocycles. The number of anilines is 1. The van der Waals surface area contributed by atoms with Gasteiger partial charge in [-0.2, -0.15) is 0 Å². The topological polar surface area (TPSA) is 49.4 Å². The molecular formula is C23H18BrFN2O2. The van der Waals surface area contributed by atoms with Gasteiger partial charge in [0.1, 0.15) is 12.4 Å². The predicted octanol–water partition coefficient (Wildman–Crippen LogP) is 5.08. The van der Waals surface area contributed by atoms with E-state index in [0.717, 1.165) is 21.2 Å². The van der Waals surface area contributed by atoms with E-state index in [0.29, 0.717) is 11.3 Å². The highest BCUT2D eigenvalue weighted by molar-refractivity contribution is 9.10. The third-order valence-corrected chi connectivity index (χ3v) is 5.41. The first-order valence-electron chi connectivity index (χ1n) is 9.15. The Labute approximate surface area is 176 Å². The molecule has 4 rings (SSSR count). The molecule has 0 unspecified atom stereocenters. The first-order chi connectivity index (χ1) is 13.9. The van der Waals surface area contributed by atoms with Gasteiger partial charge in [-0.15, -0.1) is 0 Å². The number of benzene rings is 3. The number of rotatable bonds is 2. The van der Waals surface area contributed by atoms with Gasteiger partial charge in [-0.25, -0.2) is 4.39 Å². The fraction of sp³-hybridized carbons (Fsp3) is 0.130. The number of hydrogen-bond acceptors (Lipinski definition) is 2. The maximum Gasteiger partial charge on any atom is 0.255 e. The number of carbonyl (C=O) groups is 2. The number of amides is 2. The van der Waals surface area contributed by atoms with Crippen LogP contribution in [0.5, 0.6) is 0 Å². The van der Waals surface area contributed by atoms with Crippen molar-refractivity contribution in [3.05, 3.63) is 99.3 Å². The monoisotopic (exact) mass is 452 g/mol. The summed E-state index contributed by atoms with van der Waals surface area (Å²) in [5.74, 6) is -0.904. The Morgan fingerprint density at radius 1 is 1.10 bits per heavy atom. The van der Waals surface area contributed by atoms with Crippen molar-refractivity contribution >= 4 is 33.4 Å². The number of carbonyl (C=O) groups excluding carboxylic acids is 2. The Balaban J connectivity index is 1.90. The van der Waals surface area contributed by atoms with Gasteiger partial charge in [-0.3, -0.25) is 9.59 Å². The molecule has 0 bridgehead atoms. The summed E-state index contributed by atoms with van der Waals surface area (Å²) in [6, 6.07) is 18.3. The van der Waals surface area contributed by atoms with Gasteiger partial charge in [0.05, 0.1) is 6.04 Å². The van der Waals surface area contributed by atoms with E-state index in [1.165, 1.54) is 17.0 Å². The van der Waals surface area contributed by atoms with E-state index in [4.69, 9.17) is 0 Å². The van der Waals surface area contributed by atoms with E-state index >= 15 is 0 Å². The first kappa shape index (κ1) is 19.3. The van der Waals surface area contributed by atoms with Crippen LogP contribution in [-0.2, 0) is 4.79 Å². The quantitative estimate of drug-likeness (QED) is 0.589. The molecule has 0 radical (unpaired) electrons. The van der Waals surface area contributed by atoms with Crippen LogP contribution in [0.2, 0.25) is 0 Å². The lowest BCUT2D eigenvalue weighted by molar-refractivity contribution is -0.117. The van der Waals surface area contributed by atoms with E-state index in [2.05, 4.69) is 21.2 Å². The Morgan fingerprint density at radius 3 is 2.59 bits per heavy atom. The van der Waals surface area contributed by atoms with Crippen molar-refractivity contribution in [2.75, 3.05) is 11.9 Å². The summed E-state index contributed by atoms with van der Waals surface area (Å²) in [6.07, 6.45) is 0. The van der Waals surface area contributed by atoms with Gasteiger partial charge in [-0.05, 0) is 48.9 Å². The van der Waals surface area contributed by atoms with Crippen molar-refractivity contribution in [2.24, 2.45) is 0 Å². The second-order valence-corrected chi connectivity index (χ2v) is 7.95. The first-order valence-corrected chi connectivity index (χ1v) is 9.94. The third kappa shape index (κ3) is 3.93. The second-order valence-electron chi connectivity index (χ2n) is 7.04. The molecule has 0 fully saturated rings. The molecule has 0 aromatic heterocycles. The van der Waals surface area contributed by atoms with E-state index < -0.39 is 6.04 Å². The number of fused-ring (bicyclic) bond motifs is 1. The number of nitrogens with zero attached hydrogens (tertiary/aromatic N) is 1. The molecule has 1 aliphatic rings. The van der Waals surface area contributed by atoms with Crippen LogP contribution in [0.3, 0.4) is 0 Å². The zero-order chi connectivity index (χ0) is 20.5. The standard InChI is InChI=1S/C23H18BrFN2O2/c1-14-5-10-20-19(11-14)22(15-6-8-18(25)9-7-15)27(13-21(28)26-20)23(29)16-3-2-4-17(24)12-16/h2-12,22H,13H2,1H3,(H,26,28)/t22-/m0/s1. The Bertz CT molecular complexity index is 1100. The molecule has 146 valence electrons. The van der Waals surface area contributed by atoms with Gasteiger partial charge in [0, 0.05) is 21.3 Å². The van der Waals surface area contributed by atoms with Crippen LogP contribution in [0.25, 0.3) is 0 Å². The minimum atomic E-state index is -0.532. The lowest BCUT2D eigenvalue weighted by Crippen LogP contribution is -2.39. The summed E-state index contributed by atoms with van der Waals surface area (Å²) in [5.41, 5.74) is 3.65. The minimum Gasteiger partial charge on any atom is -0.324 e. The predicted molar refractivity (Wildman–Crippen MR) is 113 cm³/mol. The number of hydrogen-bond donors (Lipinski definition) is 1. The molecule has 0 saturated heterocycles. The largest absolute Gasteiger partial charge is 0.324 e. The molecule has 3 aromatic carbocycles. The molecule has 6 heteroatoms. The SMILES string of the molecule is Cc1ccc2c(c1)[C@H](c1ccc(F)cc1)N(C(=O)c1cccc(Br)c1)CC(=O)N2. The molecule has 3 aromatic rings. The molecule has 1 atom stereocenters. The van der Waals surface area contributed by atoms with Gasteiger partial charge in [0.15, 0.2) is 0 Å². The van der Waals surface area contributed by atoms with Crippen molar-refractivity contribution in [3.63, 3.8) is 0 Å². The Hall–Kier alpha value is -2.99. The fourth-order valence-corrected chi connectivity index (χ4v) is 4.01. The second kappa shape index (κ2) is 7.79. The number of nitrogens with one attached hydrogen (secondary N) is 1. The molecular weight excluding hydrogens is 435 g/mol. The van der Waals surface area contributed by atoms with Gasteiger partial charge >= 0.3 is 0 Å². The Morgan fingerprint density at radius 2 is 1.86 bits per heavy atom. The summed E-state index contributed by atoms with van der Waals surface area (Å²) < 4.78 is 14.3. The zero-order valence-electron chi connectivity index (χ0n) is 15.7. The third-order valence-electron chi connectivity index (χ3n) is 4.92. The highest BCUT2D eigenvalue weighted by Gasteiger charge is 2.34. The average molecular weight is 453 g/mol. The van der Waals surface area contributed by atoms with Gasteiger partial charge in [-0.1, -0.05) is 51.8 Å². The average Bonchev–Trinajstić information content (AvgIpc) is 2.84. The van der Waals surface area contributed by atoms with E-state index in [1.54, 1.807) is 30.3 Å². The molecule has 4 nitrogen and oxygen atoms in total. The molecule has 1 heterocycles. The summed E-state index contributed by atoms with van der Waals surface area (Å²) in [7, 11) is 0. The summed E-state index contributed by atoms with van der Waals surface area (Å²) in [6.45, 7) is 1.84. The minimum absolute atomic E-state index is 0.110. The lowest BCUT2D eigenvalue weighted by atomic mass is 9.94. The Kier molecular flexibility index (Phi) is 5.20. The smallest absolute Gasteiger partial charge is 0.255 e. The number of aryl methyl sites for hydroxylation is 1. The zero-order valence-corrected chi connectivity index (χ0v) is 17.2. The summed E-state index contributed by atoms with van der Waals surface area (Å²) >= 11 is 3.39. The van der Waals surface area contributed by atoms with Crippen molar-refractivity contribution in [3.8, 4) is 0 Å². The van der Waals surface area contributed by atoms with Crippen LogP contribution in [0.4, 0.5) is 10.1 Å². The number of halogens is 2. The van der Waals surface area contributed by atoms with E-state index in [9.17, 15) is 14.0 Å². The lowest BCUT2D eigenvalue weighted by Gasteiger charge is -2.31. The maximum atomic E-state index is 13.6. The molecule has 0 saturated carbocycles. The van der Waals surface area contributed by atoms with Crippen LogP contribution in [0.15, 0.2) is 71.2 Å². The van der Waals surface area contributed by atoms with Crippen LogP contribution >= 0.6 is 15.9 Å². The normalized spacial score (nSPS) is 16.0. The fourth-order valence-electron chi connectivity index (χ4n) is 3.61. The molecule has 0 aliphatic carbocycles. The van der Waals surface area contributed by atoms with Crippen molar-refractivity contribution < 1.29 is 14.0 Å². The highest BCUT2D eigenvalue weighted by Crippen LogP contribution is 2.37. The molecule has 29 heavy (non-hydrogen) atoms. The van der Waals surface area contributed by atoms with E-state index in [-0.39, 0.29) is 24.2 Å². The van der Waals surface area contributed by atoms with Crippen LogP contribution in [0, 0.1) is 12.7 Å². The molecule has 2 amide bonds. The van der Waals surface area contributed by atoms with Crippen molar-refractivity contribution in [2.45, 2.75) is 13.0 Å². The van der Waals surface area contributed by atoms with E-state index in [1.807, 2.05) is 31.2 Å². The van der Waals surface area contributed by atoms with Crippen LogP contribution in [-0.4, -0.2) is 23.3 Å². The molecule has 1 N–H and O–H groups in total. The van der Waals surface area contributed by atoms with Crippen LogP contribution in [0.1, 0.15) is 33.1 Å². The van der Waals surface area contributed by atoms with Gasteiger partial charge in [0.25, 0.3) is 5.91 Å². The van der Waals surface area contributed by atoms with Gasteiger partial charge < -0.3 is 10.2 Å². The molecule has 0 spiro atoms. The van der Waals surface area contributed by atoms with Crippen molar-refractivity contribution in [1.29, 1.82) is 0 Å². The highest BCUT2D eigenvalue weighted by atomic mass is 79.9. The van der Waals surface area contributed by atoms with Crippen molar-refractivity contribution in [1.82, 2.24) is 4.90 Å². The van der Waals surface area contributed by atoms with Gasteiger partial charge in [0.2, 0.25) is 5.91 Å². The summed E-state index contributed by atoms with van der Waals surface area (Å²) in [5, 5.41) is 2.89.